The van der Waals surface area contributed by atoms with Gasteiger partial charge in [0.1, 0.15) is 0 Å². The maximum Gasteiger partial charge on any atom is 0.236 e. The second kappa shape index (κ2) is 6.02. The first kappa shape index (κ1) is 14.5. The van der Waals surface area contributed by atoms with Crippen LogP contribution in [0, 0.1) is 6.92 Å². The predicted octanol–water partition coefficient (Wildman–Crippen LogP) is 1.79. The SMILES string of the molecule is Cc1cc(NS(=O)(=O)Cc2cccc(CN)c2)ccn1. The van der Waals surface area contributed by atoms with Crippen LogP contribution in [0.15, 0.2) is 42.6 Å². The van der Waals surface area contributed by atoms with Gasteiger partial charge in [-0.15, -0.1) is 0 Å². The number of nitrogens with two attached hydrogens (primary N) is 1. The Kier molecular flexibility index (Phi) is 4.36. The number of benzene rings is 1. The van der Waals surface area contributed by atoms with Gasteiger partial charge in [-0.2, -0.15) is 0 Å². The highest BCUT2D eigenvalue weighted by Crippen LogP contribution is 2.14. The summed E-state index contributed by atoms with van der Waals surface area (Å²) in [7, 11) is -3.45. The van der Waals surface area contributed by atoms with Crippen molar-refractivity contribution in [3.05, 3.63) is 59.4 Å². The van der Waals surface area contributed by atoms with E-state index < -0.39 is 10.0 Å². The Morgan fingerprint density at radius 3 is 2.65 bits per heavy atom. The van der Waals surface area contributed by atoms with Crippen LogP contribution in [-0.2, 0) is 22.3 Å². The number of anilines is 1. The molecule has 0 bridgehead atoms. The normalized spacial score (nSPS) is 11.3. The van der Waals surface area contributed by atoms with Gasteiger partial charge in [-0.25, -0.2) is 8.42 Å². The lowest BCUT2D eigenvalue weighted by molar-refractivity contribution is 0.600. The van der Waals surface area contributed by atoms with Crippen LogP contribution in [0.5, 0.6) is 0 Å². The maximum atomic E-state index is 12.1. The minimum Gasteiger partial charge on any atom is -0.326 e. The molecule has 0 saturated carbocycles. The molecule has 20 heavy (non-hydrogen) atoms. The zero-order valence-electron chi connectivity index (χ0n) is 11.2. The molecule has 0 unspecified atom stereocenters. The van der Waals surface area contributed by atoms with Gasteiger partial charge in [0.05, 0.1) is 11.4 Å². The molecule has 0 aliphatic rings. The summed E-state index contributed by atoms with van der Waals surface area (Å²) >= 11 is 0. The minimum absolute atomic E-state index is 0.0811. The van der Waals surface area contributed by atoms with E-state index in [-0.39, 0.29) is 5.75 Å². The molecule has 0 aliphatic heterocycles. The fraction of sp³-hybridized carbons (Fsp3) is 0.214. The summed E-state index contributed by atoms with van der Waals surface area (Å²) in [5, 5.41) is 0. The molecule has 0 saturated heterocycles. The molecule has 0 amide bonds. The molecule has 106 valence electrons. The molecule has 0 radical (unpaired) electrons. The number of nitrogens with one attached hydrogen (secondary N) is 1. The molecule has 0 atom stereocenters. The van der Waals surface area contributed by atoms with Crippen molar-refractivity contribution in [3.63, 3.8) is 0 Å². The average molecular weight is 291 g/mol. The number of aryl methyl sites for hydroxylation is 1. The van der Waals surface area contributed by atoms with E-state index in [4.69, 9.17) is 5.73 Å². The number of hydrogen-bond acceptors (Lipinski definition) is 4. The Balaban J connectivity index is 2.14. The third-order valence-corrected chi connectivity index (χ3v) is 4.01. The Labute approximate surface area is 118 Å². The van der Waals surface area contributed by atoms with Gasteiger partial charge in [-0.3, -0.25) is 9.71 Å². The van der Waals surface area contributed by atoms with Crippen LogP contribution < -0.4 is 10.5 Å². The summed E-state index contributed by atoms with van der Waals surface area (Å²) in [5.74, 6) is -0.0811. The molecule has 2 aromatic rings. The third kappa shape index (κ3) is 4.04. The fourth-order valence-electron chi connectivity index (χ4n) is 1.89. The monoisotopic (exact) mass is 291 g/mol. The first-order chi connectivity index (χ1) is 9.48. The molecule has 0 aliphatic carbocycles. The molecular formula is C14H17N3O2S. The molecule has 0 fully saturated rings. The van der Waals surface area contributed by atoms with Crippen molar-refractivity contribution >= 4 is 15.7 Å². The van der Waals surface area contributed by atoms with Crippen LogP contribution >= 0.6 is 0 Å². The Bertz CT molecular complexity index is 699. The van der Waals surface area contributed by atoms with E-state index in [1.54, 1.807) is 30.5 Å². The second-order valence-corrected chi connectivity index (χ2v) is 6.29. The summed E-state index contributed by atoms with van der Waals surface area (Å²) in [6.07, 6.45) is 1.57. The number of aromatic nitrogens is 1. The Hall–Kier alpha value is -1.92. The number of sulfonamides is 1. The summed E-state index contributed by atoms with van der Waals surface area (Å²) in [5.41, 5.74) is 8.46. The van der Waals surface area contributed by atoms with Crippen molar-refractivity contribution in [3.8, 4) is 0 Å². The van der Waals surface area contributed by atoms with Crippen LogP contribution in [0.4, 0.5) is 5.69 Å². The van der Waals surface area contributed by atoms with Crippen LogP contribution in [0.25, 0.3) is 0 Å². The zero-order valence-corrected chi connectivity index (χ0v) is 12.0. The van der Waals surface area contributed by atoms with E-state index in [2.05, 4.69) is 9.71 Å². The summed E-state index contributed by atoms with van der Waals surface area (Å²) < 4.78 is 26.8. The molecular weight excluding hydrogens is 274 g/mol. The van der Waals surface area contributed by atoms with Gasteiger partial charge in [0.2, 0.25) is 10.0 Å². The molecule has 1 aromatic carbocycles. The Morgan fingerprint density at radius 1 is 1.20 bits per heavy atom. The molecule has 6 heteroatoms. The number of pyridine rings is 1. The maximum absolute atomic E-state index is 12.1. The third-order valence-electron chi connectivity index (χ3n) is 2.75. The van der Waals surface area contributed by atoms with Crippen molar-refractivity contribution in [2.24, 2.45) is 5.73 Å². The molecule has 1 heterocycles. The van der Waals surface area contributed by atoms with Crippen molar-refractivity contribution in [2.45, 2.75) is 19.2 Å². The lowest BCUT2D eigenvalue weighted by atomic mass is 10.1. The zero-order chi connectivity index (χ0) is 14.6. The highest BCUT2D eigenvalue weighted by molar-refractivity contribution is 7.91. The predicted molar refractivity (Wildman–Crippen MR) is 79.6 cm³/mol. The van der Waals surface area contributed by atoms with Gasteiger partial charge < -0.3 is 5.73 Å². The van der Waals surface area contributed by atoms with Crippen molar-refractivity contribution in [1.29, 1.82) is 0 Å². The number of hydrogen-bond donors (Lipinski definition) is 2. The molecule has 0 spiro atoms. The lowest BCUT2D eigenvalue weighted by Gasteiger charge is -2.09. The molecule has 5 nitrogen and oxygen atoms in total. The second-order valence-electron chi connectivity index (χ2n) is 4.57. The van der Waals surface area contributed by atoms with Crippen LogP contribution in [0.3, 0.4) is 0 Å². The summed E-state index contributed by atoms with van der Waals surface area (Å²) in [6.45, 7) is 2.20. The van der Waals surface area contributed by atoms with Crippen LogP contribution in [-0.4, -0.2) is 13.4 Å². The van der Waals surface area contributed by atoms with E-state index in [1.807, 2.05) is 19.1 Å². The smallest absolute Gasteiger partial charge is 0.236 e. The van der Waals surface area contributed by atoms with Gasteiger partial charge in [0, 0.05) is 18.4 Å². The average Bonchev–Trinajstić information content (AvgIpc) is 2.37. The number of rotatable bonds is 5. The van der Waals surface area contributed by atoms with Crippen LogP contribution in [0.2, 0.25) is 0 Å². The lowest BCUT2D eigenvalue weighted by Crippen LogP contribution is -2.15. The largest absolute Gasteiger partial charge is 0.326 e. The van der Waals surface area contributed by atoms with Crippen molar-refractivity contribution in [1.82, 2.24) is 4.98 Å². The van der Waals surface area contributed by atoms with E-state index in [1.165, 1.54) is 0 Å². The standard InChI is InChI=1S/C14H17N3O2S/c1-11-7-14(5-6-16-11)17-20(18,19)10-13-4-2-3-12(8-13)9-15/h2-8H,9-10,15H2,1H3,(H,16,17). The quantitative estimate of drug-likeness (QED) is 0.879. The summed E-state index contributed by atoms with van der Waals surface area (Å²) in [6, 6.07) is 10.6. The van der Waals surface area contributed by atoms with Gasteiger partial charge in [-0.1, -0.05) is 24.3 Å². The number of nitrogens with zero attached hydrogens (tertiary/aromatic N) is 1. The summed E-state index contributed by atoms with van der Waals surface area (Å²) in [4.78, 5) is 4.03. The van der Waals surface area contributed by atoms with E-state index >= 15 is 0 Å². The van der Waals surface area contributed by atoms with E-state index in [0.717, 1.165) is 11.3 Å². The van der Waals surface area contributed by atoms with Crippen LogP contribution in [0.1, 0.15) is 16.8 Å². The topological polar surface area (TPSA) is 85.1 Å². The Morgan fingerprint density at radius 2 is 1.95 bits per heavy atom. The van der Waals surface area contributed by atoms with Gasteiger partial charge in [0.25, 0.3) is 0 Å². The first-order valence-electron chi connectivity index (χ1n) is 6.19. The molecule has 3 N–H and O–H groups in total. The molecule has 2 rings (SSSR count). The van der Waals surface area contributed by atoms with Gasteiger partial charge in [-0.05, 0) is 30.2 Å². The van der Waals surface area contributed by atoms with Crippen molar-refractivity contribution < 1.29 is 8.42 Å². The fourth-order valence-corrected chi connectivity index (χ4v) is 3.07. The van der Waals surface area contributed by atoms with E-state index in [0.29, 0.717) is 17.8 Å². The van der Waals surface area contributed by atoms with Crippen molar-refractivity contribution in [2.75, 3.05) is 4.72 Å². The van der Waals surface area contributed by atoms with E-state index in [9.17, 15) is 8.42 Å². The highest BCUT2D eigenvalue weighted by atomic mass is 32.2. The molecule has 1 aromatic heterocycles. The minimum atomic E-state index is -3.45. The highest BCUT2D eigenvalue weighted by Gasteiger charge is 2.12. The van der Waals surface area contributed by atoms with Gasteiger partial charge >= 0.3 is 0 Å². The van der Waals surface area contributed by atoms with Gasteiger partial charge in [0.15, 0.2) is 0 Å². The first-order valence-corrected chi connectivity index (χ1v) is 7.85.